The predicted octanol–water partition coefficient (Wildman–Crippen LogP) is 0.828. The van der Waals surface area contributed by atoms with Crippen LogP contribution >= 0.6 is 0 Å². The monoisotopic (exact) mass is 166 g/mol. The summed E-state index contributed by atoms with van der Waals surface area (Å²) < 4.78 is 0. The Balaban J connectivity index is 4.42. The number of amidine groups is 1. The molecule has 0 saturated carbocycles. The Morgan fingerprint density at radius 2 is 2.08 bits per heavy atom. The molecule has 0 aliphatic carbocycles. The summed E-state index contributed by atoms with van der Waals surface area (Å²) in [5.74, 6) is -0.582. The van der Waals surface area contributed by atoms with Gasteiger partial charge in [0, 0.05) is 0 Å². The second kappa shape index (κ2) is 5.32. The van der Waals surface area contributed by atoms with Crippen molar-refractivity contribution in [3.63, 3.8) is 0 Å². The molecule has 3 heteroatoms. The summed E-state index contributed by atoms with van der Waals surface area (Å²) in [6.45, 7) is 6.88. The van der Waals surface area contributed by atoms with E-state index in [9.17, 15) is 5.11 Å². The molecule has 0 amide bonds. The van der Waals surface area contributed by atoms with Crippen LogP contribution < -0.4 is 5.73 Å². The summed E-state index contributed by atoms with van der Waals surface area (Å²) in [5, 5.41) is 16.4. The van der Waals surface area contributed by atoms with Gasteiger partial charge >= 0.3 is 0 Å². The third-order valence-electron chi connectivity index (χ3n) is 1.42. The van der Waals surface area contributed by atoms with Crippen LogP contribution in [0, 0.1) is 11.3 Å². The van der Waals surface area contributed by atoms with Gasteiger partial charge in [-0.15, -0.1) is 6.58 Å². The maximum Gasteiger partial charge on any atom is 0.101 e. The van der Waals surface area contributed by atoms with Crippen LogP contribution in [0.3, 0.4) is 0 Å². The molecule has 4 N–H and O–H groups in total. The van der Waals surface area contributed by atoms with Gasteiger partial charge in [0.2, 0.25) is 0 Å². The first-order valence-electron chi connectivity index (χ1n) is 3.57. The zero-order valence-corrected chi connectivity index (χ0v) is 6.90. The van der Waals surface area contributed by atoms with E-state index in [1.54, 1.807) is 18.2 Å². The van der Waals surface area contributed by atoms with Crippen LogP contribution in [0.5, 0.6) is 0 Å². The van der Waals surface area contributed by atoms with Crippen molar-refractivity contribution >= 4 is 5.84 Å². The number of nitrogens with two attached hydrogens (primary N) is 1. The smallest absolute Gasteiger partial charge is 0.101 e. The third-order valence-corrected chi connectivity index (χ3v) is 1.42. The van der Waals surface area contributed by atoms with Crippen LogP contribution in [0.2, 0.25) is 0 Å². The third kappa shape index (κ3) is 3.16. The molecule has 0 bridgehead atoms. The number of rotatable bonds is 5. The quantitative estimate of drug-likeness (QED) is 0.245. The molecular weight excluding hydrogens is 152 g/mol. The largest absolute Gasteiger partial charge is 0.388 e. The number of allylic oxidation sites excluding steroid dienone is 2. The molecule has 0 aliphatic rings. The van der Waals surface area contributed by atoms with E-state index in [0.717, 1.165) is 0 Å². The van der Waals surface area contributed by atoms with Crippen LogP contribution in [0.4, 0.5) is 0 Å². The van der Waals surface area contributed by atoms with Gasteiger partial charge in [0.25, 0.3) is 0 Å². The zero-order chi connectivity index (χ0) is 9.56. The second-order valence-electron chi connectivity index (χ2n) is 2.33. The van der Waals surface area contributed by atoms with Gasteiger partial charge in [0.05, 0.1) is 12.0 Å². The Bertz CT molecular complexity index is 209. The molecule has 0 aromatic carbocycles. The zero-order valence-electron chi connectivity index (χ0n) is 6.90. The van der Waals surface area contributed by atoms with Crippen molar-refractivity contribution in [2.24, 2.45) is 11.7 Å². The molecule has 0 aromatic heterocycles. The Labute approximate surface area is 72.4 Å². The minimum absolute atomic E-state index is 0.0829. The number of aliphatic hydroxyl groups is 1. The van der Waals surface area contributed by atoms with E-state index in [0.29, 0.717) is 0 Å². The Morgan fingerprint density at radius 3 is 2.42 bits per heavy atom. The fourth-order valence-electron chi connectivity index (χ4n) is 0.746. The molecule has 0 spiro atoms. The van der Waals surface area contributed by atoms with Crippen LogP contribution in [0.25, 0.3) is 0 Å². The maximum absolute atomic E-state index is 9.29. The van der Waals surface area contributed by atoms with Crippen LogP contribution in [-0.2, 0) is 0 Å². The van der Waals surface area contributed by atoms with Crippen LogP contribution in [-0.4, -0.2) is 17.0 Å². The highest BCUT2D eigenvalue weighted by Crippen LogP contribution is 2.06. The minimum Gasteiger partial charge on any atom is -0.388 e. The number of hydrogen-bond acceptors (Lipinski definition) is 2. The maximum atomic E-state index is 9.29. The molecule has 0 rings (SSSR count). The first-order chi connectivity index (χ1) is 5.63. The highest BCUT2D eigenvalue weighted by molar-refractivity contribution is 5.82. The highest BCUT2D eigenvalue weighted by Gasteiger charge is 2.15. The molecule has 0 radical (unpaired) electrons. The molecule has 2 unspecified atom stereocenters. The number of hydrogen-bond donors (Lipinski definition) is 3. The van der Waals surface area contributed by atoms with Gasteiger partial charge in [-0.25, -0.2) is 0 Å². The van der Waals surface area contributed by atoms with E-state index in [2.05, 4.69) is 13.2 Å². The fraction of sp³-hybridized carbons (Fsp3) is 0.222. The molecule has 0 aliphatic heterocycles. The first kappa shape index (κ1) is 10.7. The van der Waals surface area contributed by atoms with Gasteiger partial charge in [0.1, 0.15) is 5.84 Å². The van der Waals surface area contributed by atoms with Gasteiger partial charge in [-0.3, -0.25) is 5.41 Å². The lowest BCUT2D eigenvalue weighted by atomic mass is 10.0. The Hall–Kier alpha value is -1.35. The van der Waals surface area contributed by atoms with Gasteiger partial charge in [-0.2, -0.15) is 0 Å². The van der Waals surface area contributed by atoms with E-state index < -0.39 is 12.0 Å². The van der Waals surface area contributed by atoms with Gasteiger partial charge in [-0.1, -0.05) is 30.9 Å². The summed E-state index contributed by atoms with van der Waals surface area (Å²) >= 11 is 0. The van der Waals surface area contributed by atoms with E-state index in [4.69, 9.17) is 11.1 Å². The van der Waals surface area contributed by atoms with E-state index >= 15 is 0 Å². The van der Waals surface area contributed by atoms with Gasteiger partial charge < -0.3 is 10.8 Å². The number of nitrogens with one attached hydrogen (secondary N) is 1. The summed E-state index contributed by atoms with van der Waals surface area (Å²) in [6, 6.07) is 0. The SMILES string of the molecule is C=C/C=C\C(C(=N)N)C(O)C=C. The molecule has 3 nitrogen and oxygen atoms in total. The summed E-state index contributed by atoms with van der Waals surface area (Å²) in [5.41, 5.74) is 5.24. The average molecular weight is 166 g/mol. The van der Waals surface area contributed by atoms with Crippen LogP contribution in [0.15, 0.2) is 37.5 Å². The van der Waals surface area contributed by atoms with Crippen molar-refractivity contribution in [3.05, 3.63) is 37.5 Å². The first-order valence-corrected chi connectivity index (χ1v) is 3.57. The Kier molecular flexibility index (Phi) is 4.72. The average Bonchev–Trinajstić information content (AvgIpc) is 2.04. The lowest BCUT2D eigenvalue weighted by Crippen LogP contribution is -2.30. The molecule has 12 heavy (non-hydrogen) atoms. The van der Waals surface area contributed by atoms with Crippen molar-refractivity contribution in [2.75, 3.05) is 0 Å². The van der Waals surface area contributed by atoms with E-state index in [1.165, 1.54) is 6.08 Å². The number of aliphatic hydroxyl groups excluding tert-OH is 1. The van der Waals surface area contributed by atoms with Crippen molar-refractivity contribution in [2.45, 2.75) is 6.10 Å². The van der Waals surface area contributed by atoms with E-state index in [1.807, 2.05) is 0 Å². The molecule has 0 heterocycles. The minimum atomic E-state index is -0.807. The van der Waals surface area contributed by atoms with Crippen molar-refractivity contribution < 1.29 is 5.11 Å². The van der Waals surface area contributed by atoms with Gasteiger partial charge in [-0.05, 0) is 0 Å². The standard InChI is InChI=1S/C9H14N2O/c1-3-5-6-7(9(10)11)8(12)4-2/h3-8,12H,1-2H2,(H3,10,11)/b6-5-. The normalized spacial score (nSPS) is 15.4. The summed E-state index contributed by atoms with van der Waals surface area (Å²) in [4.78, 5) is 0. The lowest BCUT2D eigenvalue weighted by Gasteiger charge is -2.14. The molecule has 0 saturated heterocycles. The molecular formula is C9H14N2O. The summed E-state index contributed by atoms with van der Waals surface area (Å²) in [7, 11) is 0. The molecule has 66 valence electrons. The molecule has 0 fully saturated rings. The predicted molar refractivity (Wildman–Crippen MR) is 50.9 cm³/mol. The highest BCUT2D eigenvalue weighted by atomic mass is 16.3. The lowest BCUT2D eigenvalue weighted by molar-refractivity contribution is 0.203. The van der Waals surface area contributed by atoms with Crippen molar-refractivity contribution in [3.8, 4) is 0 Å². The fourth-order valence-corrected chi connectivity index (χ4v) is 0.746. The van der Waals surface area contributed by atoms with Crippen molar-refractivity contribution in [1.82, 2.24) is 0 Å². The van der Waals surface area contributed by atoms with Gasteiger partial charge in [0.15, 0.2) is 0 Å². The molecule has 0 aromatic rings. The van der Waals surface area contributed by atoms with Crippen molar-refractivity contribution in [1.29, 1.82) is 5.41 Å². The summed E-state index contributed by atoms with van der Waals surface area (Å²) in [6.07, 6.45) is 5.35. The second-order valence-corrected chi connectivity index (χ2v) is 2.33. The van der Waals surface area contributed by atoms with Crippen LogP contribution in [0.1, 0.15) is 0 Å². The molecule has 2 atom stereocenters. The topological polar surface area (TPSA) is 70.1 Å². The Morgan fingerprint density at radius 1 is 1.50 bits per heavy atom. The van der Waals surface area contributed by atoms with E-state index in [-0.39, 0.29) is 5.84 Å².